The lowest BCUT2D eigenvalue weighted by Gasteiger charge is -2.13. The van der Waals surface area contributed by atoms with E-state index in [0.717, 1.165) is 11.1 Å². The lowest BCUT2D eigenvalue weighted by Crippen LogP contribution is -2.40. The molecule has 5 aromatic rings. The molecule has 3 aromatic carbocycles. The van der Waals surface area contributed by atoms with E-state index in [2.05, 4.69) is 4.98 Å². The highest BCUT2D eigenvalue weighted by Gasteiger charge is 2.19. The van der Waals surface area contributed by atoms with Gasteiger partial charge in [0, 0.05) is 13.1 Å². The first-order chi connectivity index (χ1) is 18.0. The van der Waals surface area contributed by atoms with E-state index < -0.39 is 23.0 Å². The molecule has 5 rings (SSSR count). The molecule has 0 saturated heterocycles. The normalized spacial score (nSPS) is 11.1. The predicted molar refractivity (Wildman–Crippen MR) is 137 cm³/mol. The van der Waals surface area contributed by atoms with Gasteiger partial charge in [-0.1, -0.05) is 42.5 Å². The average Bonchev–Trinajstić information content (AvgIpc) is 3.33. The summed E-state index contributed by atoms with van der Waals surface area (Å²) in [6, 6.07) is 21.9. The monoisotopic (exact) mass is 498 g/mol. The molecule has 0 aliphatic rings. The second kappa shape index (κ2) is 10.1. The Balaban J connectivity index is 1.62. The lowest BCUT2D eigenvalue weighted by molar-refractivity contribution is 0.0600. The average molecular weight is 499 g/mol. The van der Waals surface area contributed by atoms with Gasteiger partial charge < -0.3 is 9.30 Å². The molecule has 37 heavy (non-hydrogen) atoms. The van der Waals surface area contributed by atoms with E-state index in [1.54, 1.807) is 28.8 Å². The van der Waals surface area contributed by atoms with Crippen LogP contribution in [0.25, 0.3) is 16.9 Å². The molecule has 0 saturated carbocycles. The van der Waals surface area contributed by atoms with Crippen LogP contribution in [0.5, 0.6) is 0 Å². The van der Waals surface area contributed by atoms with Crippen LogP contribution in [0.1, 0.15) is 21.5 Å². The van der Waals surface area contributed by atoms with Gasteiger partial charge in [0.2, 0.25) is 0 Å². The van der Waals surface area contributed by atoms with Crippen molar-refractivity contribution >= 4 is 17.1 Å². The van der Waals surface area contributed by atoms with Crippen molar-refractivity contribution in [3.63, 3.8) is 0 Å². The number of aryl methyl sites for hydroxylation is 1. The molecule has 0 aliphatic heterocycles. The van der Waals surface area contributed by atoms with Crippen molar-refractivity contribution < 1.29 is 13.9 Å². The molecule has 2 aromatic heterocycles. The zero-order valence-corrected chi connectivity index (χ0v) is 20.0. The Bertz CT molecular complexity index is 1690. The molecular formula is C28H23FN4O4. The van der Waals surface area contributed by atoms with Crippen LogP contribution >= 0.6 is 0 Å². The summed E-state index contributed by atoms with van der Waals surface area (Å²) in [5, 5.41) is 0. The SMILES string of the molecule is COC(=O)c1ccc(Cn2cnc3c2c(=O)n(CCc2ccccc2)c(=O)n3-c2ccc(F)cc2)cc1. The molecule has 2 heterocycles. The third-order valence-corrected chi connectivity index (χ3v) is 6.18. The first-order valence-corrected chi connectivity index (χ1v) is 11.6. The maximum atomic E-state index is 13.6. The fourth-order valence-electron chi connectivity index (χ4n) is 4.27. The Labute approximate surface area is 210 Å². The molecule has 186 valence electrons. The Hall–Kier alpha value is -4.79. The second-order valence-corrected chi connectivity index (χ2v) is 8.52. The van der Waals surface area contributed by atoms with Gasteiger partial charge in [0.1, 0.15) is 5.82 Å². The zero-order valence-electron chi connectivity index (χ0n) is 20.0. The largest absolute Gasteiger partial charge is 0.465 e. The Morgan fingerprint density at radius 1 is 0.919 bits per heavy atom. The Morgan fingerprint density at radius 3 is 2.30 bits per heavy atom. The number of benzene rings is 3. The van der Waals surface area contributed by atoms with Gasteiger partial charge in [-0.05, 0) is 53.9 Å². The summed E-state index contributed by atoms with van der Waals surface area (Å²) in [7, 11) is 1.32. The van der Waals surface area contributed by atoms with Gasteiger partial charge in [-0.2, -0.15) is 0 Å². The highest BCUT2D eigenvalue weighted by molar-refractivity contribution is 5.89. The summed E-state index contributed by atoms with van der Waals surface area (Å²) in [6.45, 7) is 0.450. The number of rotatable bonds is 7. The summed E-state index contributed by atoms with van der Waals surface area (Å²) < 4.78 is 22.6. The van der Waals surface area contributed by atoms with E-state index in [1.807, 2.05) is 30.3 Å². The number of ether oxygens (including phenoxy) is 1. The standard InChI is InChI=1S/C28H23FN4O4/c1-37-27(35)21-9-7-20(8-10-21)17-31-18-30-25-24(31)26(34)32(16-15-19-5-3-2-4-6-19)28(36)33(25)23-13-11-22(29)12-14-23/h2-14,18H,15-17H2,1H3. The van der Waals surface area contributed by atoms with Crippen molar-refractivity contribution in [2.75, 3.05) is 7.11 Å². The minimum absolute atomic E-state index is 0.165. The van der Waals surface area contributed by atoms with Crippen molar-refractivity contribution in [1.82, 2.24) is 18.7 Å². The van der Waals surface area contributed by atoms with Crippen molar-refractivity contribution in [2.45, 2.75) is 19.5 Å². The summed E-state index contributed by atoms with van der Waals surface area (Å²) in [5.41, 5.74) is 2.04. The van der Waals surface area contributed by atoms with Crippen LogP contribution < -0.4 is 11.2 Å². The van der Waals surface area contributed by atoms with Gasteiger partial charge in [-0.3, -0.25) is 9.36 Å². The number of aromatic nitrogens is 4. The fraction of sp³-hybridized carbons (Fsp3) is 0.143. The van der Waals surface area contributed by atoms with E-state index in [-0.39, 0.29) is 24.3 Å². The molecule has 8 nitrogen and oxygen atoms in total. The van der Waals surface area contributed by atoms with Crippen LogP contribution in [0.2, 0.25) is 0 Å². The molecule has 9 heteroatoms. The van der Waals surface area contributed by atoms with E-state index in [0.29, 0.717) is 17.7 Å². The molecule has 0 N–H and O–H groups in total. The molecule has 0 atom stereocenters. The van der Waals surface area contributed by atoms with Crippen molar-refractivity contribution in [3.05, 3.63) is 129 Å². The van der Waals surface area contributed by atoms with E-state index in [1.165, 1.54) is 46.8 Å². The smallest absolute Gasteiger partial charge is 0.337 e. The van der Waals surface area contributed by atoms with Crippen molar-refractivity contribution in [3.8, 4) is 5.69 Å². The van der Waals surface area contributed by atoms with Gasteiger partial charge in [0.15, 0.2) is 11.2 Å². The minimum atomic E-state index is -0.548. The number of carbonyl (C=O) groups is 1. The van der Waals surface area contributed by atoms with E-state index >= 15 is 0 Å². The number of imidazole rings is 1. The maximum absolute atomic E-state index is 13.6. The summed E-state index contributed by atoms with van der Waals surface area (Å²) >= 11 is 0. The maximum Gasteiger partial charge on any atom is 0.337 e. The number of esters is 1. The summed E-state index contributed by atoms with van der Waals surface area (Å²) in [6.07, 6.45) is 1.98. The topological polar surface area (TPSA) is 88.1 Å². The summed E-state index contributed by atoms with van der Waals surface area (Å²) in [5.74, 6) is -0.879. The number of halogens is 1. The third kappa shape index (κ3) is 4.71. The first kappa shape index (κ1) is 23.9. The van der Waals surface area contributed by atoms with Crippen molar-refractivity contribution in [2.24, 2.45) is 0 Å². The molecule has 0 radical (unpaired) electrons. The number of methoxy groups -OCH3 is 1. The first-order valence-electron chi connectivity index (χ1n) is 11.6. The van der Waals surface area contributed by atoms with Crippen molar-refractivity contribution in [1.29, 1.82) is 0 Å². The second-order valence-electron chi connectivity index (χ2n) is 8.52. The van der Waals surface area contributed by atoms with Gasteiger partial charge in [-0.25, -0.2) is 23.5 Å². The van der Waals surface area contributed by atoms with Crippen LogP contribution in [0.3, 0.4) is 0 Å². The van der Waals surface area contributed by atoms with Gasteiger partial charge in [0.05, 0.1) is 24.7 Å². The Kier molecular flexibility index (Phi) is 6.51. The summed E-state index contributed by atoms with van der Waals surface area (Å²) in [4.78, 5) is 43.3. The molecule has 0 unspecified atom stereocenters. The molecular weight excluding hydrogens is 475 g/mol. The predicted octanol–water partition coefficient (Wildman–Crippen LogP) is 3.57. The molecule has 0 bridgehead atoms. The Morgan fingerprint density at radius 2 is 1.62 bits per heavy atom. The van der Waals surface area contributed by atoms with E-state index in [4.69, 9.17) is 4.74 Å². The number of hydrogen-bond acceptors (Lipinski definition) is 5. The quantitative estimate of drug-likeness (QED) is 0.320. The number of hydrogen-bond donors (Lipinski definition) is 0. The molecule has 0 amide bonds. The highest BCUT2D eigenvalue weighted by atomic mass is 19.1. The number of fused-ring (bicyclic) bond motifs is 1. The van der Waals surface area contributed by atoms with Crippen LogP contribution in [-0.2, 0) is 24.2 Å². The number of carbonyl (C=O) groups excluding carboxylic acids is 1. The van der Waals surface area contributed by atoms with Gasteiger partial charge in [0.25, 0.3) is 5.56 Å². The highest BCUT2D eigenvalue weighted by Crippen LogP contribution is 2.16. The number of nitrogens with zero attached hydrogens (tertiary/aromatic N) is 4. The van der Waals surface area contributed by atoms with Crippen LogP contribution in [0.4, 0.5) is 4.39 Å². The van der Waals surface area contributed by atoms with Gasteiger partial charge in [-0.15, -0.1) is 0 Å². The van der Waals surface area contributed by atoms with Crippen LogP contribution in [0.15, 0.2) is 94.8 Å². The van der Waals surface area contributed by atoms with E-state index in [9.17, 15) is 18.8 Å². The molecule has 0 aliphatic carbocycles. The van der Waals surface area contributed by atoms with Crippen LogP contribution in [0, 0.1) is 5.82 Å². The fourth-order valence-corrected chi connectivity index (χ4v) is 4.27. The van der Waals surface area contributed by atoms with Gasteiger partial charge >= 0.3 is 11.7 Å². The minimum Gasteiger partial charge on any atom is -0.465 e. The van der Waals surface area contributed by atoms with Crippen LogP contribution in [-0.4, -0.2) is 31.8 Å². The third-order valence-electron chi connectivity index (χ3n) is 6.18. The zero-order chi connectivity index (χ0) is 25.9. The lowest BCUT2D eigenvalue weighted by atomic mass is 10.1. The molecule has 0 spiro atoms. The molecule has 0 fully saturated rings.